The Kier molecular flexibility index (Phi) is 4.12. The zero-order chi connectivity index (χ0) is 14.9. The van der Waals surface area contributed by atoms with Crippen LogP contribution in [0.5, 0.6) is 0 Å². The van der Waals surface area contributed by atoms with Gasteiger partial charge in [-0.15, -0.1) is 0 Å². The summed E-state index contributed by atoms with van der Waals surface area (Å²) < 4.78 is 0. The molecule has 0 spiro atoms. The number of anilines is 1. The maximum absolute atomic E-state index is 12.2. The average molecular weight is 274 g/mol. The molecular weight excluding hydrogens is 252 g/mol. The fourth-order valence-corrected chi connectivity index (χ4v) is 2.33. The molecule has 1 aliphatic heterocycles. The van der Waals surface area contributed by atoms with Crippen LogP contribution in [-0.4, -0.2) is 24.4 Å². The number of carbonyl (C=O) groups excluding carboxylic acids is 2. The summed E-state index contributed by atoms with van der Waals surface area (Å²) in [5.74, 6) is 0.409. The lowest BCUT2D eigenvalue weighted by molar-refractivity contribution is -0.116. The van der Waals surface area contributed by atoms with Gasteiger partial charge in [-0.25, -0.2) is 0 Å². The van der Waals surface area contributed by atoms with E-state index in [0.29, 0.717) is 18.0 Å². The lowest BCUT2D eigenvalue weighted by Gasteiger charge is -2.18. The van der Waals surface area contributed by atoms with Crippen molar-refractivity contribution in [3.05, 3.63) is 29.3 Å². The van der Waals surface area contributed by atoms with Gasteiger partial charge in [-0.2, -0.15) is 0 Å². The van der Waals surface area contributed by atoms with Gasteiger partial charge in [0.15, 0.2) is 0 Å². The van der Waals surface area contributed by atoms with Crippen molar-refractivity contribution in [2.75, 3.05) is 11.4 Å². The van der Waals surface area contributed by atoms with E-state index >= 15 is 0 Å². The number of carbonyl (C=O) groups is 2. The van der Waals surface area contributed by atoms with Crippen LogP contribution in [0.25, 0.3) is 0 Å². The van der Waals surface area contributed by atoms with E-state index in [1.54, 1.807) is 17.9 Å². The molecule has 2 rings (SSSR count). The van der Waals surface area contributed by atoms with Gasteiger partial charge in [0.05, 0.1) is 0 Å². The minimum Gasteiger partial charge on any atom is -0.349 e. The van der Waals surface area contributed by atoms with Gasteiger partial charge < -0.3 is 10.2 Å². The van der Waals surface area contributed by atoms with E-state index in [1.165, 1.54) is 0 Å². The van der Waals surface area contributed by atoms with E-state index in [1.807, 2.05) is 19.1 Å². The van der Waals surface area contributed by atoms with Crippen LogP contribution in [0.1, 0.15) is 43.6 Å². The number of hydrogen-bond donors (Lipinski definition) is 1. The molecule has 4 nitrogen and oxygen atoms in total. The highest BCUT2D eigenvalue weighted by Gasteiger charge is 2.23. The molecule has 4 heteroatoms. The summed E-state index contributed by atoms with van der Waals surface area (Å²) in [6.07, 6.45) is 0.815. The number of hydrogen-bond acceptors (Lipinski definition) is 2. The predicted octanol–water partition coefficient (Wildman–Crippen LogP) is 2.37. The third-order valence-corrected chi connectivity index (χ3v) is 3.98. The van der Waals surface area contributed by atoms with Crippen molar-refractivity contribution in [2.45, 2.75) is 40.2 Å². The summed E-state index contributed by atoms with van der Waals surface area (Å²) in [6.45, 7) is 8.45. The quantitative estimate of drug-likeness (QED) is 0.920. The van der Waals surface area contributed by atoms with Crippen LogP contribution in [-0.2, 0) is 11.2 Å². The average Bonchev–Trinajstić information content (AvgIpc) is 2.81. The Hall–Kier alpha value is -1.84. The molecule has 1 atom stereocenters. The molecule has 1 aliphatic rings. The normalized spacial score (nSPS) is 15.2. The maximum atomic E-state index is 12.2. The van der Waals surface area contributed by atoms with Crippen LogP contribution >= 0.6 is 0 Å². The molecule has 1 aromatic carbocycles. The maximum Gasteiger partial charge on any atom is 0.251 e. The summed E-state index contributed by atoms with van der Waals surface area (Å²) in [5, 5.41) is 3.00. The van der Waals surface area contributed by atoms with E-state index < -0.39 is 0 Å². The van der Waals surface area contributed by atoms with E-state index in [0.717, 1.165) is 17.7 Å². The number of nitrogens with one attached hydrogen (secondary N) is 1. The summed E-state index contributed by atoms with van der Waals surface area (Å²) in [4.78, 5) is 25.4. The molecule has 20 heavy (non-hydrogen) atoms. The Balaban J connectivity index is 2.17. The second-order valence-corrected chi connectivity index (χ2v) is 5.77. The van der Waals surface area contributed by atoms with Crippen LogP contribution in [0.4, 0.5) is 5.69 Å². The van der Waals surface area contributed by atoms with Crippen molar-refractivity contribution in [2.24, 2.45) is 5.92 Å². The summed E-state index contributed by atoms with van der Waals surface area (Å²) in [5.41, 5.74) is 2.68. The molecule has 0 aromatic heterocycles. The number of amides is 2. The summed E-state index contributed by atoms with van der Waals surface area (Å²) >= 11 is 0. The lowest BCUT2D eigenvalue weighted by atomic mass is 10.0. The van der Waals surface area contributed by atoms with Crippen molar-refractivity contribution in [1.82, 2.24) is 5.32 Å². The van der Waals surface area contributed by atoms with Crippen LogP contribution in [0.3, 0.4) is 0 Å². The topological polar surface area (TPSA) is 49.4 Å². The summed E-state index contributed by atoms with van der Waals surface area (Å²) in [7, 11) is 0. The van der Waals surface area contributed by atoms with Gasteiger partial charge in [0.1, 0.15) is 0 Å². The number of benzene rings is 1. The molecule has 0 bridgehead atoms. The van der Waals surface area contributed by atoms with Gasteiger partial charge in [-0.3, -0.25) is 9.59 Å². The summed E-state index contributed by atoms with van der Waals surface area (Å²) in [6, 6.07) is 5.71. The molecule has 0 fully saturated rings. The van der Waals surface area contributed by atoms with E-state index in [2.05, 4.69) is 19.2 Å². The molecule has 0 radical (unpaired) electrons. The zero-order valence-corrected chi connectivity index (χ0v) is 12.6. The SMILES string of the molecule is CC(=O)N1CCc2cc(C(=O)N[C@H](C)C(C)C)ccc21. The Bertz CT molecular complexity index is 537. The molecule has 2 amide bonds. The van der Waals surface area contributed by atoms with Gasteiger partial charge in [-0.05, 0) is 43.0 Å². The van der Waals surface area contributed by atoms with Crippen molar-refractivity contribution in [3.8, 4) is 0 Å². The zero-order valence-electron chi connectivity index (χ0n) is 12.6. The van der Waals surface area contributed by atoms with Gasteiger partial charge in [-0.1, -0.05) is 13.8 Å². The number of rotatable bonds is 3. The minimum absolute atomic E-state index is 0.0460. The Morgan fingerprint density at radius 3 is 2.55 bits per heavy atom. The van der Waals surface area contributed by atoms with E-state index in [4.69, 9.17) is 0 Å². The molecular formula is C16H22N2O2. The molecule has 0 unspecified atom stereocenters. The number of fused-ring (bicyclic) bond motifs is 1. The molecule has 0 saturated heterocycles. The van der Waals surface area contributed by atoms with Crippen LogP contribution in [0.15, 0.2) is 18.2 Å². The third kappa shape index (κ3) is 2.84. The highest BCUT2D eigenvalue weighted by molar-refractivity contribution is 5.97. The van der Waals surface area contributed by atoms with Crippen molar-refractivity contribution in [1.29, 1.82) is 0 Å². The molecule has 1 aromatic rings. The first-order valence-corrected chi connectivity index (χ1v) is 7.12. The fraction of sp³-hybridized carbons (Fsp3) is 0.500. The fourth-order valence-electron chi connectivity index (χ4n) is 2.33. The molecule has 108 valence electrons. The van der Waals surface area contributed by atoms with Gasteiger partial charge >= 0.3 is 0 Å². The molecule has 1 heterocycles. The Morgan fingerprint density at radius 2 is 1.95 bits per heavy atom. The second-order valence-electron chi connectivity index (χ2n) is 5.77. The van der Waals surface area contributed by atoms with Crippen molar-refractivity contribution >= 4 is 17.5 Å². The predicted molar refractivity (Wildman–Crippen MR) is 79.9 cm³/mol. The minimum atomic E-state index is -0.0460. The largest absolute Gasteiger partial charge is 0.349 e. The van der Waals surface area contributed by atoms with Gasteiger partial charge in [0.25, 0.3) is 5.91 Å². The Labute approximate surface area is 120 Å². The van der Waals surface area contributed by atoms with Crippen LogP contribution in [0, 0.1) is 5.92 Å². The van der Waals surface area contributed by atoms with Crippen molar-refractivity contribution < 1.29 is 9.59 Å². The smallest absolute Gasteiger partial charge is 0.251 e. The first kappa shape index (κ1) is 14.6. The molecule has 0 saturated carbocycles. The first-order chi connectivity index (χ1) is 9.40. The highest BCUT2D eigenvalue weighted by Crippen LogP contribution is 2.28. The Morgan fingerprint density at radius 1 is 1.25 bits per heavy atom. The monoisotopic (exact) mass is 274 g/mol. The second kappa shape index (κ2) is 5.65. The van der Waals surface area contributed by atoms with Crippen molar-refractivity contribution in [3.63, 3.8) is 0 Å². The lowest BCUT2D eigenvalue weighted by Crippen LogP contribution is -2.36. The van der Waals surface area contributed by atoms with Crippen LogP contribution in [0.2, 0.25) is 0 Å². The standard InChI is InChI=1S/C16H22N2O2/c1-10(2)11(3)17-16(20)14-5-6-15-13(9-14)7-8-18(15)12(4)19/h5-6,9-11H,7-8H2,1-4H3,(H,17,20)/t11-/m1/s1. The van der Waals surface area contributed by atoms with Gasteiger partial charge in [0.2, 0.25) is 5.91 Å². The van der Waals surface area contributed by atoms with E-state index in [9.17, 15) is 9.59 Å². The highest BCUT2D eigenvalue weighted by atomic mass is 16.2. The first-order valence-electron chi connectivity index (χ1n) is 7.12. The van der Waals surface area contributed by atoms with Gasteiger partial charge in [0, 0.05) is 30.8 Å². The molecule has 1 N–H and O–H groups in total. The number of nitrogens with zero attached hydrogens (tertiary/aromatic N) is 1. The van der Waals surface area contributed by atoms with E-state index in [-0.39, 0.29) is 17.9 Å². The van der Waals surface area contributed by atoms with Crippen LogP contribution < -0.4 is 10.2 Å². The molecule has 0 aliphatic carbocycles. The third-order valence-electron chi connectivity index (χ3n) is 3.98.